The van der Waals surface area contributed by atoms with E-state index in [4.69, 9.17) is 25.4 Å². The number of rotatable bonds is 4. The summed E-state index contributed by atoms with van der Waals surface area (Å²) >= 11 is 5.97. The maximum atomic E-state index is 13.0. The molecule has 1 aromatic carbocycles. The predicted octanol–water partition coefficient (Wildman–Crippen LogP) is 2.99. The lowest BCUT2D eigenvalue weighted by atomic mass is 10.2. The topological polar surface area (TPSA) is 182 Å². The molecule has 2 amide bonds. The van der Waals surface area contributed by atoms with Crippen LogP contribution in [0.15, 0.2) is 42.7 Å². The number of aliphatic hydroxyl groups is 1. The molecule has 2 atom stereocenters. The Morgan fingerprint density at radius 2 is 1.97 bits per heavy atom. The van der Waals surface area contributed by atoms with Gasteiger partial charge in [0, 0.05) is 23.8 Å². The fraction of sp³-hybridized carbons (Fsp3) is 0.278. The molecule has 0 radical (unpaired) electrons. The van der Waals surface area contributed by atoms with Crippen molar-refractivity contribution in [1.29, 1.82) is 0 Å². The zero-order valence-electron chi connectivity index (χ0n) is 17.0. The number of benzene rings is 1. The van der Waals surface area contributed by atoms with Crippen molar-refractivity contribution < 1.29 is 52.1 Å². The van der Waals surface area contributed by atoms with E-state index >= 15 is 0 Å². The summed E-state index contributed by atoms with van der Waals surface area (Å²) in [5, 5.41) is 7.63. The van der Waals surface area contributed by atoms with Gasteiger partial charge < -0.3 is 24.4 Å². The zero-order chi connectivity index (χ0) is 24.7. The molecule has 2 aliphatic rings. The average molecular weight is 535 g/mol. The fourth-order valence-electron chi connectivity index (χ4n) is 3.20. The third kappa shape index (κ3) is 4.49. The van der Waals surface area contributed by atoms with E-state index in [0.717, 1.165) is 12.1 Å². The van der Waals surface area contributed by atoms with Gasteiger partial charge in [-0.2, -0.15) is 0 Å². The molecule has 1 aromatic heterocycles. The summed E-state index contributed by atoms with van der Waals surface area (Å²) in [5.41, 5.74) is -0.158. The number of cyclic esters (lactones) is 1. The molecule has 3 N–H and O–H groups in total. The Hall–Kier alpha value is -2.34. The second kappa shape index (κ2) is 9.03. The van der Waals surface area contributed by atoms with E-state index in [1.54, 1.807) is 0 Å². The summed E-state index contributed by atoms with van der Waals surface area (Å²) in [4.78, 5) is 49.4. The molecular weight excluding hydrogens is 518 g/mol. The number of pyridine rings is 1. The van der Waals surface area contributed by atoms with Crippen LogP contribution >= 0.6 is 26.8 Å². The highest BCUT2D eigenvalue weighted by Gasteiger charge is 2.67. The maximum Gasteiger partial charge on any atom is 0.424 e. The van der Waals surface area contributed by atoms with Gasteiger partial charge in [0.1, 0.15) is 12.4 Å². The third-order valence-corrected chi connectivity index (χ3v) is 9.78. The van der Waals surface area contributed by atoms with Crippen molar-refractivity contribution in [2.24, 2.45) is 0 Å². The first-order valence-electron chi connectivity index (χ1n) is 9.53. The Bertz CT molecular complexity index is 1200. The first-order chi connectivity index (χ1) is 15.9. The largest absolute Gasteiger partial charge is 0.447 e. The van der Waals surface area contributed by atoms with Crippen LogP contribution in [0.5, 0.6) is 5.75 Å². The number of carbonyl (C=O) groups excluding carboxylic acids is 2. The highest BCUT2D eigenvalue weighted by atomic mass is 35.5. The lowest BCUT2D eigenvalue weighted by Gasteiger charge is -2.41. The fourth-order valence-corrected chi connectivity index (χ4v) is 6.95. The van der Waals surface area contributed by atoms with E-state index in [0.29, 0.717) is 4.90 Å². The standard InChI is InChI=1S/C18H17ClN2O11P2/c19-12-3-4-14(30-17(23)21-6-7-29-16(21)22)13(8-12)15-31-33(25,26)18(24,34(27,28)32-15)9-11-2-1-5-20-10-11/h1-5,8,10,15,24H,6-7,9H2,(H,25,26)(H,27,28). The predicted molar refractivity (Wildman–Crippen MR) is 113 cm³/mol. The Morgan fingerprint density at radius 3 is 2.56 bits per heavy atom. The molecule has 182 valence electrons. The smallest absolute Gasteiger partial charge is 0.424 e. The van der Waals surface area contributed by atoms with Gasteiger partial charge in [0.2, 0.25) is 6.29 Å². The van der Waals surface area contributed by atoms with Crippen LogP contribution in [0, 0.1) is 0 Å². The van der Waals surface area contributed by atoms with Crippen molar-refractivity contribution in [2.75, 3.05) is 13.2 Å². The summed E-state index contributed by atoms with van der Waals surface area (Å²) in [6.07, 6.45) is -2.29. The average Bonchev–Trinajstić information content (AvgIpc) is 3.20. The molecule has 2 fully saturated rings. The molecule has 2 unspecified atom stereocenters. The van der Waals surface area contributed by atoms with E-state index in [-0.39, 0.29) is 35.1 Å². The van der Waals surface area contributed by atoms with Gasteiger partial charge >= 0.3 is 27.4 Å². The Labute approximate surface area is 196 Å². The molecule has 0 aliphatic carbocycles. The van der Waals surface area contributed by atoms with Gasteiger partial charge in [-0.05, 0) is 29.8 Å². The molecule has 0 bridgehead atoms. The monoisotopic (exact) mass is 534 g/mol. The number of ether oxygens (including phenoxy) is 2. The van der Waals surface area contributed by atoms with Crippen LogP contribution in [0.2, 0.25) is 5.02 Å². The number of aromatic nitrogens is 1. The van der Waals surface area contributed by atoms with Crippen LogP contribution in [-0.2, 0) is 29.3 Å². The number of carbonyl (C=O) groups is 2. The molecule has 2 aliphatic heterocycles. The van der Waals surface area contributed by atoms with Gasteiger partial charge in [-0.25, -0.2) is 14.5 Å². The van der Waals surface area contributed by atoms with Gasteiger partial charge in [-0.1, -0.05) is 17.7 Å². The second-order valence-electron chi connectivity index (χ2n) is 7.21. The summed E-state index contributed by atoms with van der Waals surface area (Å²) in [6, 6.07) is 6.41. The van der Waals surface area contributed by atoms with Crippen molar-refractivity contribution in [3.05, 3.63) is 58.9 Å². The molecule has 16 heteroatoms. The summed E-state index contributed by atoms with van der Waals surface area (Å²) < 4.78 is 45.9. The summed E-state index contributed by atoms with van der Waals surface area (Å²) in [7, 11) is -10.6. The molecular formula is C18H17ClN2O11P2. The van der Waals surface area contributed by atoms with E-state index in [1.165, 1.54) is 30.6 Å². The van der Waals surface area contributed by atoms with Crippen molar-refractivity contribution in [2.45, 2.75) is 17.8 Å². The number of amides is 2. The second-order valence-corrected chi connectivity index (χ2v) is 12.0. The number of nitrogens with zero attached hydrogens (tertiary/aromatic N) is 2. The van der Waals surface area contributed by atoms with Crippen LogP contribution in [0.3, 0.4) is 0 Å². The quantitative estimate of drug-likeness (QED) is 0.488. The van der Waals surface area contributed by atoms with Crippen molar-refractivity contribution >= 4 is 39.0 Å². The van der Waals surface area contributed by atoms with Crippen LogP contribution in [-0.4, -0.2) is 55.2 Å². The minimum atomic E-state index is -5.30. The lowest BCUT2D eigenvalue weighted by molar-refractivity contribution is -0.0587. The molecule has 0 saturated carbocycles. The molecule has 2 aromatic rings. The van der Waals surface area contributed by atoms with Crippen LogP contribution in [0.1, 0.15) is 17.4 Å². The Morgan fingerprint density at radius 1 is 1.26 bits per heavy atom. The van der Waals surface area contributed by atoms with Crippen molar-refractivity contribution in [1.82, 2.24) is 9.88 Å². The van der Waals surface area contributed by atoms with Gasteiger partial charge in [-0.3, -0.25) is 23.2 Å². The zero-order valence-corrected chi connectivity index (χ0v) is 19.6. The normalized spacial score (nSPS) is 31.2. The first kappa shape index (κ1) is 24.8. The minimum Gasteiger partial charge on any atom is -0.447 e. The SMILES string of the molecule is O=C1OCCN1C(=O)Oc1ccc(Cl)cc1C1OP(=O)(O)C(O)(Cc2cccnc2)P(=O)(O)O1. The summed E-state index contributed by atoms with van der Waals surface area (Å²) in [6.45, 7) is -0.108. The van der Waals surface area contributed by atoms with E-state index in [1.807, 2.05) is 0 Å². The Balaban J connectivity index is 1.66. The van der Waals surface area contributed by atoms with Gasteiger partial charge in [0.15, 0.2) is 0 Å². The van der Waals surface area contributed by atoms with Gasteiger partial charge in [-0.15, -0.1) is 0 Å². The maximum absolute atomic E-state index is 13.0. The van der Waals surface area contributed by atoms with E-state index < -0.39 is 45.2 Å². The van der Waals surface area contributed by atoms with Gasteiger partial charge in [0.05, 0.1) is 12.1 Å². The lowest BCUT2D eigenvalue weighted by Crippen LogP contribution is -2.38. The van der Waals surface area contributed by atoms with Gasteiger partial charge in [0.25, 0.3) is 5.08 Å². The molecule has 4 rings (SSSR count). The van der Waals surface area contributed by atoms with Crippen LogP contribution < -0.4 is 4.74 Å². The number of imide groups is 1. The van der Waals surface area contributed by atoms with Crippen LogP contribution in [0.4, 0.5) is 9.59 Å². The molecule has 34 heavy (non-hydrogen) atoms. The number of hydrogen-bond donors (Lipinski definition) is 3. The highest BCUT2D eigenvalue weighted by molar-refractivity contribution is 7.73. The third-order valence-electron chi connectivity index (χ3n) is 4.95. The molecule has 3 heterocycles. The molecule has 13 nitrogen and oxygen atoms in total. The molecule has 0 spiro atoms. The van der Waals surface area contributed by atoms with Crippen LogP contribution in [0.25, 0.3) is 0 Å². The number of halogens is 1. The Kier molecular flexibility index (Phi) is 6.58. The van der Waals surface area contributed by atoms with E-state index in [9.17, 15) is 33.6 Å². The first-order valence-corrected chi connectivity index (χ1v) is 13.1. The van der Waals surface area contributed by atoms with Crippen molar-refractivity contribution in [3.8, 4) is 5.75 Å². The number of hydrogen-bond acceptors (Lipinski definition) is 10. The minimum absolute atomic E-state index is 0.0271. The summed E-state index contributed by atoms with van der Waals surface area (Å²) in [5.74, 6) is -0.350. The molecule has 2 saturated heterocycles. The van der Waals surface area contributed by atoms with Crippen molar-refractivity contribution in [3.63, 3.8) is 0 Å². The highest BCUT2D eigenvalue weighted by Crippen LogP contribution is 2.79. The van der Waals surface area contributed by atoms with E-state index in [2.05, 4.69) is 9.72 Å².